The highest BCUT2D eigenvalue weighted by Crippen LogP contribution is 2.28. The topological polar surface area (TPSA) is 69.7 Å². The van der Waals surface area contributed by atoms with Crippen LogP contribution in [0, 0.1) is 0 Å². The Morgan fingerprint density at radius 3 is 2.60 bits per heavy atom. The molecule has 1 N–H and O–H groups in total. The molecule has 0 aliphatic carbocycles. The number of hydrogen-bond acceptors (Lipinski definition) is 6. The molecule has 0 radical (unpaired) electrons. The molecule has 0 spiro atoms. The lowest BCUT2D eigenvalue weighted by Crippen LogP contribution is -2.13. The summed E-state index contributed by atoms with van der Waals surface area (Å²) in [6.07, 6.45) is 1.54. The van der Waals surface area contributed by atoms with E-state index in [1.54, 1.807) is 31.5 Å². The molecule has 0 saturated carbocycles. The number of aromatic nitrogens is 1. The molecule has 0 saturated heterocycles. The van der Waals surface area contributed by atoms with Gasteiger partial charge in [0.15, 0.2) is 10.2 Å². The predicted octanol–water partition coefficient (Wildman–Crippen LogP) is 2.42. The van der Waals surface area contributed by atoms with Crippen molar-refractivity contribution < 1.29 is 19.0 Å². The fourth-order valence-electron chi connectivity index (χ4n) is 1.57. The lowest BCUT2D eigenvalue weighted by molar-refractivity contribution is 0.102. The van der Waals surface area contributed by atoms with Gasteiger partial charge in [0.25, 0.3) is 5.91 Å². The van der Waals surface area contributed by atoms with Crippen molar-refractivity contribution in [2.45, 2.75) is 0 Å². The third-order valence-corrected chi connectivity index (χ3v) is 3.43. The van der Waals surface area contributed by atoms with Gasteiger partial charge < -0.3 is 14.2 Å². The Morgan fingerprint density at radius 2 is 2.00 bits per heavy atom. The Balaban J connectivity index is 2.23. The maximum Gasteiger partial charge on any atom is 0.261 e. The minimum atomic E-state index is -0.322. The number of benzene rings is 1. The lowest BCUT2D eigenvalue weighted by atomic mass is 10.2. The first-order valence-corrected chi connectivity index (χ1v) is 6.52. The van der Waals surface area contributed by atoms with Crippen LogP contribution in [0.25, 0.3) is 0 Å². The predicted molar refractivity (Wildman–Crippen MR) is 76.2 cm³/mol. The molecule has 2 rings (SSSR count). The van der Waals surface area contributed by atoms with Gasteiger partial charge in [-0.05, 0) is 18.2 Å². The standard InChI is InChI=1S/C13H14N2O4S/c1-17-8-4-5-10(18-2)9(6-8)12(16)15-13-14-7-11(19-3)20-13/h4-7H,1-3H3,(H,14,15,16). The normalized spacial score (nSPS) is 9.95. The van der Waals surface area contributed by atoms with Crippen LogP contribution in [-0.4, -0.2) is 32.2 Å². The van der Waals surface area contributed by atoms with E-state index in [1.165, 1.54) is 25.6 Å². The summed E-state index contributed by atoms with van der Waals surface area (Å²) in [7, 11) is 4.59. The summed E-state index contributed by atoms with van der Waals surface area (Å²) in [5, 5.41) is 3.77. The smallest absolute Gasteiger partial charge is 0.261 e. The van der Waals surface area contributed by atoms with E-state index in [4.69, 9.17) is 14.2 Å². The number of carbonyl (C=O) groups is 1. The zero-order valence-corrected chi connectivity index (χ0v) is 12.1. The van der Waals surface area contributed by atoms with E-state index < -0.39 is 0 Å². The molecule has 7 heteroatoms. The molecule has 0 unspecified atom stereocenters. The highest BCUT2D eigenvalue weighted by Gasteiger charge is 2.15. The monoisotopic (exact) mass is 294 g/mol. The second-order valence-corrected chi connectivity index (χ2v) is 4.70. The molecule has 0 atom stereocenters. The van der Waals surface area contributed by atoms with Gasteiger partial charge in [-0.2, -0.15) is 0 Å². The number of amides is 1. The van der Waals surface area contributed by atoms with Gasteiger partial charge in [0.1, 0.15) is 11.5 Å². The van der Waals surface area contributed by atoms with Crippen LogP contribution in [0.2, 0.25) is 0 Å². The Hall–Kier alpha value is -2.28. The SMILES string of the molecule is COc1ccc(OC)c(C(=O)Nc2ncc(OC)s2)c1. The average molecular weight is 294 g/mol. The van der Waals surface area contributed by atoms with Crippen LogP contribution < -0.4 is 19.5 Å². The molecular formula is C13H14N2O4S. The zero-order valence-electron chi connectivity index (χ0n) is 11.3. The number of rotatable bonds is 5. The van der Waals surface area contributed by atoms with E-state index in [-0.39, 0.29) is 5.91 Å². The molecule has 1 aromatic heterocycles. The molecule has 0 bridgehead atoms. The molecule has 0 aliphatic rings. The summed E-state index contributed by atoms with van der Waals surface area (Å²) in [5.41, 5.74) is 0.376. The largest absolute Gasteiger partial charge is 0.497 e. The first kappa shape index (κ1) is 14.1. The molecule has 0 fully saturated rings. The van der Waals surface area contributed by atoms with Gasteiger partial charge >= 0.3 is 0 Å². The van der Waals surface area contributed by atoms with Gasteiger partial charge in [-0.25, -0.2) is 4.98 Å². The van der Waals surface area contributed by atoms with Crippen LogP contribution >= 0.6 is 11.3 Å². The second kappa shape index (κ2) is 6.25. The molecule has 2 aromatic rings. The van der Waals surface area contributed by atoms with Crippen molar-refractivity contribution in [1.82, 2.24) is 4.98 Å². The summed E-state index contributed by atoms with van der Waals surface area (Å²) in [6.45, 7) is 0. The van der Waals surface area contributed by atoms with Crippen molar-refractivity contribution in [3.8, 4) is 16.6 Å². The first-order chi connectivity index (χ1) is 9.67. The molecule has 20 heavy (non-hydrogen) atoms. The average Bonchev–Trinajstić information content (AvgIpc) is 2.94. The highest BCUT2D eigenvalue weighted by molar-refractivity contribution is 7.17. The van der Waals surface area contributed by atoms with Crippen molar-refractivity contribution in [2.24, 2.45) is 0 Å². The lowest BCUT2D eigenvalue weighted by Gasteiger charge is -2.09. The summed E-state index contributed by atoms with van der Waals surface area (Å²) in [4.78, 5) is 16.3. The maximum atomic E-state index is 12.2. The van der Waals surface area contributed by atoms with Crippen molar-refractivity contribution in [3.05, 3.63) is 30.0 Å². The van der Waals surface area contributed by atoms with Gasteiger partial charge in [-0.1, -0.05) is 11.3 Å². The third kappa shape index (κ3) is 3.00. The number of carbonyl (C=O) groups excluding carboxylic acids is 1. The molecule has 0 aliphatic heterocycles. The van der Waals surface area contributed by atoms with Gasteiger partial charge in [-0.15, -0.1) is 0 Å². The molecule has 106 valence electrons. The van der Waals surface area contributed by atoms with Crippen molar-refractivity contribution in [1.29, 1.82) is 0 Å². The number of hydrogen-bond donors (Lipinski definition) is 1. The van der Waals surface area contributed by atoms with Crippen LogP contribution in [0.5, 0.6) is 16.6 Å². The number of nitrogens with one attached hydrogen (secondary N) is 1. The van der Waals surface area contributed by atoms with Crippen molar-refractivity contribution in [3.63, 3.8) is 0 Å². The molecule has 1 heterocycles. The van der Waals surface area contributed by atoms with Crippen LogP contribution in [0.15, 0.2) is 24.4 Å². The highest BCUT2D eigenvalue weighted by atomic mass is 32.1. The van der Waals surface area contributed by atoms with E-state index in [0.717, 1.165) is 0 Å². The maximum absolute atomic E-state index is 12.2. The number of anilines is 1. The number of ether oxygens (including phenoxy) is 3. The number of methoxy groups -OCH3 is 3. The Bertz CT molecular complexity index is 612. The van der Waals surface area contributed by atoms with Crippen LogP contribution in [0.3, 0.4) is 0 Å². The first-order valence-electron chi connectivity index (χ1n) is 5.71. The van der Waals surface area contributed by atoms with E-state index in [1.807, 2.05) is 0 Å². The van der Waals surface area contributed by atoms with Gasteiger partial charge in [-0.3, -0.25) is 10.1 Å². The third-order valence-electron chi connectivity index (χ3n) is 2.56. The summed E-state index contributed by atoms with van der Waals surface area (Å²) in [6, 6.07) is 5.01. The van der Waals surface area contributed by atoms with Crippen LogP contribution in [0.1, 0.15) is 10.4 Å². The summed E-state index contributed by atoms with van der Waals surface area (Å²) in [5.74, 6) is 0.720. The van der Waals surface area contributed by atoms with Gasteiger partial charge in [0.05, 0.1) is 33.1 Å². The summed E-state index contributed by atoms with van der Waals surface area (Å²) < 4.78 is 15.3. The molecule has 6 nitrogen and oxygen atoms in total. The minimum Gasteiger partial charge on any atom is -0.497 e. The van der Waals surface area contributed by atoms with Gasteiger partial charge in [0.2, 0.25) is 0 Å². The fraction of sp³-hybridized carbons (Fsp3) is 0.231. The zero-order chi connectivity index (χ0) is 14.5. The van der Waals surface area contributed by atoms with E-state index in [0.29, 0.717) is 27.3 Å². The van der Waals surface area contributed by atoms with Crippen LogP contribution in [-0.2, 0) is 0 Å². The summed E-state index contributed by atoms with van der Waals surface area (Å²) >= 11 is 1.24. The Labute approximate surface area is 120 Å². The van der Waals surface area contributed by atoms with Crippen LogP contribution in [0.4, 0.5) is 5.13 Å². The second-order valence-electron chi connectivity index (χ2n) is 3.71. The quantitative estimate of drug-likeness (QED) is 0.917. The Kier molecular flexibility index (Phi) is 4.41. The fourth-order valence-corrected chi connectivity index (χ4v) is 2.20. The van der Waals surface area contributed by atoms with Gasteiger partial charge in [0, 0.05) is 0 Å². The van der Waals surface area contributed by atoms with E-state index >= 15 is 0 Å². The number of nitrogens with zero attached hydrogens (tertiary/aromatic N) is 1. The number of thiazole rings is 1. The molecule has 1 amide bonds. The Morgan fingerprint density at radius 1 is 1.20 bits per heavy atom. The molecule has 1 aromatic carbocycles. The van der Waals surface area contributed by atoms with Crippen molar-refractivity contribution >= 4 is 22.4 Å². The van der Waals surface area contributed by atoms with E-state index in [9.17, 15) is 4.79 Å². The van der Waals surface area contributed by atoms with Crippen molar-refractivity contribution in [2.75, 3.05) is 26.6 Å². The minimum absolute atomic E-state index is 0.322. The van der Waals surface area contributed by atoms with E-state index in [2.05, 4.69) is 10.3 Å². The molecular weight excluding hydrogens is 280 g/mol.